The van der Waals surface area contributed by atoms with Crippen molar-refractivity contribution in [3.05, 3.63) is 29.8 Å². The SMILES string of the molecule is CC(C)(C)c1ccccc1OCCC1CC1. The van der Waals surface area contributed by atoms with Crippen LogP contribution in [0.5, 0.6) is 5.75 Å². The number of hydrogen-bond acceptors (Lipinski definition) is 1. The van der Waals surface area contributed by atoms with E-state index in [-0.39, 0.29) is 5.41 Å². The summed E-state index contributed by atoms with van der Waals surface area (Å²) in [6, 6.07) is 8.41. The number of rotatable bonds is 4. The molecule has 1 aromatic rings. The molecule has 0 N–H and O–H groups in total. The Bertz CT molecular complexity index is 345. The highest BCUT2D eigenvalue weighted by Gasteiger charge is 2.22. The van der Waals surface area contributed by atoms with Crippen LogP contribution in [0.25, 0.3) is 0 Å². The predicted octanol–water partition coefficient (Wildman–Crippen LogP) is 4.16. The fraction of sp³-hybridized carbons (Fsp3) is 0.600. The smallest absolute Gasteiger partial charge is 0.123 e. The summed E-state index contributed by atoms with van der Waals surface area (Å²) in [7, 11) is 0. The maximum Gasteiger partial charge on any atom is 0.123 e. The molecule has 0 spiro atoms. The molecule has 1 nitrogen and oxygen atoms in total. The lowest BCUT2D eigenvalue weighted by atomic mass is 9.86. The Morgan fingerprint density at radius 2 is 1.88 bits per heavy atom. The largest absolute Gasteiger partial charge is 0.493 e. The Hall–Kier alpha value is -0.980. The van der Waals surface area contributed by atoms with Crippen LogP contribution >= 0.6 is 0 Å². The van der Waals surface area contributed by atoms with Crippen molar-refractivity contribution in [1.82, 2.24) is 0 Å². The first-order chi connectivity index (χ1) is 7.57. The molecule has 0 unspecified atom stereocenters. The zero-order valence-corrected chi connectivity index (χ0v) is 10.6. The van der Waals surface area contributed by atoms with E-state index < -0.39 is 0 Å². The predicted molar refractivity (Wildman–Crippen MR) is 68.0 cm³/mol. The molecule has 1 saturated carbocycles. The first-order valence-electron chi connectivity index (χ1n) is 6.29. The quantitative estimate of drug-likeness (QED) is 0.737. The molecular formula is C15H22O. The lowest BCUT2D eigenvalue weighted by Gasteiger charge is -2.22. The van der Waals surface area contributed by atoms with Crippen LogP contribution in [0.1, 0.15) is 45.6 Å². The van der Waals surface area contributed by atoms with Crippen molar-refractivity contribution in [3.8, 4) is 5.75 Å². The van der Waals surface area contributed by atoms with Gasteiger partial charge in [-0.1, -0.05) is 51.8 Å². The average Bonchev–Trinajstić information content (AvgIpc) is 3.01. The van der Waals surface area contributed by atoms with Crippen molar-refractivity contribution in [2.24, 2.45) is 5.92 Å². The Labute approximate surface area is 98.8 Å². The number of benzene rings is 1. The second-order valence-corrected chi connectivity index (χ2v) is 5.83. The lowest BCUT2D eigenvalue weighted by molar-refractivity contribution is 0.295. The Balaban J connectivity index is 2.00. The summed E-state index contributed by atoms with van der Waals surface area (Å²) in [6.07, 6.45) is 4.03. The summed E-state index contributed by atoms with van der Waals surface area (Å²) < 4.78 is 5.91. The second kappa shape index (κ2) is 4.48. The van der Waals surface area contributed by atoms with Gasteiger partial charge < -0.3 is 4.74 Å². The standard InChI is InChI=1S/C15H22O/c1-15(2,3)13-6-4-5-7-14(13)16-11-10-12-8-9-12/h4-7,12H,8-11H2,1-3H3. The molecule has 88 valence electrons. The van der Waals surface area contributed by atoms with E-state index in [0.29, 0.717) is 0 Å². The molecule has 0 bridgehead atoms. The van der Waals surface area contributed by atoms with Crippen LogP contribution in [-0.2, 0) is 5.41 Å². The van der Waals surface area contributed by atoms with Gasteiger partial charge in [0.1, 0.15) is 5.75 Å². The van der Waals surface area contributed by atoms with Crippen molar-refractivity contribution in [3.63, 3.8) is 0 Å². The van der Waals surface area contributed by atoms with Crippen LogP contribution in [0.2, 0.25) is 0 Å². The molecule has 16 heavy (non-hydrogen) atoms. The van der Waals surface area contributed by atoms with Gasteiger partial charge in [0.05, 0.1) is 6.61 Å². The van der Waals surface area contributed by atoms with E-state index in [0.717, 1.165) is 18.3 Å². The van der Waals surface area contributed by atoms with E-state index in [1.165, 1.54) is 24.8 Å². The third-order valence-corrected chi connectivity index (χ3v) is 3.18. The van der Waals surface area contributed by atoms with E-state index in [1.807, 2.05) is 0 Å². The summed E-state index contributed by atoms with van der Waals surface area (Å²) >= 11 is 0. The molecule has 1 heteroatoms. The molecule has 0 aliphatic heterocycles. The molecule has 1 fully saturated rings. The maximum atomic E-state index is 5.91. The van der Waals surface area contributed by atoms with Crippen LogP contribution in [0.3, 0.4) is 0 Å². The summed E-state index contributed by atoms with van der Waals surface area (Å²) in [4.78, 5) is 0. The zero-order valence-electron chi connectivity index (χ0n) is 10.6. The topological polar surface area (TPSA) is 9.23 Å². The average molecular weight is 218 g/mol. The highest BCUT2D eigenvalue weighted by Crippen LogP contribution is 2.34. The molecule has 1 aromatic carbocycles. The first-order valence-corrected chi connectivity index (χ1v) is 6.29. The van der Waals surface area contributed by atoms with Gasteiger partial charge in [-0.25, -0.2) is 0 Å². The Morgan fingerprint density at radius 3 is 2.50 bits per heavy atom. The molecule has 0 amide bonds. The fourth-order valence-corrected chi connectivity index (χ4v) is 1.95. The van der Waals surface area contributed by atoms with Crippen LogP contribution < -0.4 is 4.74 Å². The number of para-hydroxylation sites is 1. The van der Waals surface area contributed by atoms with Gasteiger partial charge in [0.25, 0.3) is 0 Å². The molecule has 0 saturated heterocycles. The molecule has 0 radical (unpaired) electrons. The van der Waals surface area contributed by atoms with Crippen molar-refractivity contribution in [2.45, 2.75) is 45.4 Å². The minimum Gasteiger partial charge on any atom is -0.493 e. The van der Waals surface area contributed by atoms with E-state index in [4.69, 9.17) is 4.74 Å². The molecule has 1 aliphatic rings. The van der Waals surface area contributed by atoms with Crippen LogP contribution in [0.4, 0.5) is 0 Å². The maximum absolute atomic E-state index is 5.91. The fourth-order valence-electron chi connectivity index (χ4n) is 1.95. The van der Waals surface area contributed by atoms with Gasteiger partial charge in [-0.15, -0.1) is 0 Å². The van der Waals surface area contributed by atoms with Crippen LogP contribution in [0.15, 0.2) is 24.3 Å². The monoisotopic (exact) mass is 218 g/mol. The van der Waals surface area contributed by atoms with Gasteiger partial charge in [0.15, 0.2) is 0 Å². The minimum absolute atomic E-state index is 0.163. The van der Waals surface area contributed by atoms with Crippen molar-refractivity contribution >= 4 is 0 Å². The molecular weight excluding hydrogens is 196 g/mol. The molecule has 0 heterocycles. The molecule has 1 aliphatic carbocycles. The Morgan fingerprint density at radius 1 is 1.19 bits per heavy atom. The second-order valence-electron chi connectivity index (χ2n) is 5.83. The number of hydrogen-bond donors (Lipinski definition) is 0. The third-order valence-electron chi connectivity index (χ3n) is 3.18. The van der Waals surface area contributed by atoms with Gasteiger partial charge in [0, 0.05) is 0 Å². The van der Waals surface area contributed by atoms with Gasteiger partial charge >= 0.3 is 0 Å². The van der Waals surface area contributed by atoms with Gasteiger partial charge in [-0.2, -0.15) is 0 Å². The molecule has 2 rings (SSSR count). The summed E-state index contributed by atoms with van der Waals surface area (Å²) in [5, 5.41) is 0. The number of ether oxygens (including phenoxy) is 1. The van der Waals surface area contributed by atoms with Gasteiger partial charge in [-0.05, 0) is 29.4 Å². The molecule has 0 aromatic heterocycles. The van der Waals surface area contributed by atoms with Crippen molar-refractivity contribution in [1.29, 1.82) is 0 Å². The highest BCUT2D eigenvalue weighted by atomic mass is 16.5. The molecule has 0 atom stereocenters. The highest BCUT2D eigenvalue weighted by molar-refractivity contribution is 5.38. The van der Waals surface area contributed by atoms with Crippen LogP contribution in [0, 0.1) is 5.92 Å². The normalized spacial score (nSPS) is 16.2. The summed E-state index contributed by atoms with van der Waals surface area (Å²) in [6.45, 7) is 7.57. The summed E-state index contributed by atoms with van der Waals surface area (Å²) in [5.41, 5.74) is 1.47. The van der Waals surface area contributed by atoms with E-state index in [9.17, 15) is 0 Å². The van der Waals surface area contributed by atoms with Gasteiger partial charge in [-0.3, -0.25) is 0 Å². The van der Waals surface area contributed by atoms with Crippen molar-refractivity contribution < 1.29 is 4.74 Å². The third kappa shape index (κ3) is 3.01. The minimum atomic E-state index is 0.163. The lowest BCUT2D eigenvalue weighted by Crippen LogP contribution is -2.13. The van der Waals surface area contributed by atoms with E-state index >= 15 is 0 Å². The van der Waals surface area contributed by atoms with Crippen molar-refractivity contribution in [2.75, 3.05) is 6.61 Å². The van der Waals surface area contributed by atoms with Gasteiger partial charge in [0.2, 0.25) is 0 Å². The van der Waals surface area contributed by atoms with Crippen LogP contribution in [-0.4, -0.2) is 6.61 Å². The van der Waals surface area contributed by atoms with E-state index in [1.54, 1.807) is 0 Å². The van der Waals surface area contributed by atoms with E-state index in [2.05, 4.69) is 45.0 Å². The zero-order chi connectivity index (χ0) is 11.6. The first kappa shape index (κ1) is 11.5. The Kier molecular flexibility index (Phi) is 3.22. The summed E-state index contributed by atoms with van der Waals surface area (Å²) in [5.74, 6) is 2.01.